The van der Waals surface area contributed by atoms with Gasteiger partial charge < -0.3 is 15.3 Å². The molecule has 2 N–H and O–H groups in total. The van der Waals surface area contributed by atoms with Crippen LogP contribution in [0.2, 0.25) is 0 Å². The van der Waals surface area contributed by atoms with Crippen LogP contribution in [0, 0.1) is 17.0 Å². The van der Waals surface area contributed by atoms with Gasteiger partial charge in [0.2, 0.25) is 5.91 Å². The summed E-state index contributed by atoms with van der Waals surface area (Å²) in [6.45, 7) is 5.88. The average molecular weight is 465 g/mol. The summed E-state index contributed by atoms with van der Waals surface area (Å²) in [4.78, 5) is 28.0. The number of likely N-dealkylation sites (tertiary alicyclic amines) is 1. The van der Waals surface area contributed by atoms with Gasteiger partial charge >= 0.3 is 5.69 Å². The van der Waals surface area contributed by atoms with Crippen LogP contribution in [-0.4, -0.2) is 57.3 Å². The van der Waals surface area contributed by atoms with Crippen molar-refractivity contribution in [2.75, 3.05) is 26.2 Å². The van der Waals surface area contributed by atoms with Crippen LogP contribution in [0.15, 0.2) is 16.9 Å². The number of carbonyl (C=O) groups is 1. The maximum Gasteiger partial charge on any atom is 0.329 e. The molecule has 1 aromatic heterocycles. The number of aromatic nitrogens is 2. The molecule has 0 spiro atoms. The van der Waals surface area contributed by atoms with E-state index in [0.29, 0.717) is 17.0 Å². The Balaban J connectivity index is 1.56. The number of piperidine rings is 1. The van der Waals surface area contributed by atoms with Crippen molar-refractivity contribution in [2.24, 2.45) is 5.41 Å². The van der Waals surface area contributed by atoms with Crippen molar-refractivity contribution in [2.45, 2.75) is 71.0 Å². The molecule has 0 unspecified atom stereocenters. The van der Waals surface area contributed by atoms with Gasteiger partial charge in [0.05, 0.1) is 17.6 Å². The first kappa shape index (κ1) is 23.9. The molecule has 1 saturated carbocycles. The highest BCUT2D eigenvalue weighted by atomic mass is 19.2. The van der Waals surface area contributed by atoms with Gasteiger partial charge in [-0.1, -0.05) is 13.8 Å². The lowest BCUT2D eigenvalue weighted by Crippen LogP contribution is -2.45. The number of rotatable bonds is 6. The lowest BCUT2D eigenvalue weighted by molar-refractivity contribution is -0.121. The molecule has 9 heteroatoms. The number of amides is 1. The summed E-state index contributed by atoms with van der Waals surface area (Å²) in [5.41, 5.74) is 0.487. The van der Waals surface area contributed by atoms with Crippen LogP contribution < -0.4 is 11.0 Å². The van der Waals surface area contributed by atoms with Crippen LogP contribution in [0.1, 0.15) is 58.4 Å². The molecule has 0 radical (unpaired) electrons. The van der Waals surface area contributed by atoms with E-state index >= 15 is 0 Å². The van der Waals surface area contributed by atoms with Gasteiger partial charge in [-0.15, -0.1) is 0 Å². The van der Waals surface area contributed by atoms with Gasteiger partial charge in [0.25, 0.3) is 0 Å². The number of fused-ring (bicyclic) bond motifs is 1. The molecule has 2 aliphatic rings. The third-order valence-electron chi connectivity index (χ3n) is 7.43. The number of hydrogen-bond donors (Lipinski definition) is 2. The van der Waals surface area contributed by atoms with Crippen LogP contribution in [0.5, 0.6) is 0 Å². The van der Waals surface area contributed by atoms with E-state index in [4.69, 9.17) is 5.11 Å². The van der Waals surface area contributed by atoms with Gasteiger partial charge in [0, 0.05) is 43.9 Å². The molecule has 1 aromatic carbocycles. The molecule has 2 fully saturated rings. The minimum atomic E-state index is -1.06. The van der Waals surface area contributed by atoms with Gasteiger partial charge in [0.15, 0.2) is 11.6 Å². The van der Waals surface area contributed by atoms with Crippen molar-refractivity contribution in [1.29, 1.82) is 0 Å². The lowest BCUT2D eigenvalue weighted by atomic mass is 9.75. The van der Waals surface area contributed by atoms with Gasteiger partial charge in [-0.2, -0.15) is 0 Å². The van der Waals surface area contributed by atoms with Crippen LogP contribution >= 0.6 is 0 Å². The minimum absolute atomic E-state index is 0.0615. The number of aliphatic hydroxyl groups is 1. The van der Waals surface area contributed by atoms with E-state index in [1.54, 1.807) is 4.57 Å². The summed E-state index contributed by atoms with van der Waals surface area (Å²) in [5.74, 6) is -2.54. The molecule has 1 aliphatic carbocycles. The molecule has 7 nitrogen and oxygen atoms in total. The zero-order chi connectivity index (χ0) is 23.8. The second-order valence-corrected chi connectivity index (χ2v) is 10.2. The normalized spacial score (nSPS) is 20.4. The predicted octanol–water partition coefficient (Wildman–Crippen LogP) is 2.80. The standard InChI is InChI=1S/C24H34F2N4O3/c1-24(2)7-3-16(4-8-24)28-10-5-17(6-11-28)30-21-14-19(26)18(25)13-20(21)29(23(30)33)15-22(32)27-9-12-31/h13-14,16-17,31H,3-12,15H2,1-2H3,(H,27,32). The van der Waals surface area contributed by atoms with Crippen molar-refractivity contribution in [3.05, 3.63) is 34.3 Å². The molecule has 2 heterocycles. The minimum Gasteiger partial charge on any atom is -0.395 e. The number of benzene rings is 1. The van der Waals surface area contributed by atoms with Crippen LogP contribution in [0.25, 0.3) is 11.0 Å². The Hall–Kier alpha value is -2.26. The summed E-state index contributed by atoms with van der Waals surface area (Å²) >= 11 is 0. The van der Waals surface area contributed by atoms with Crippen molar-refractivity contribution in [3.8, 4) is 0 Å². The Labute approximate surface area is 192 Å². The molecule has 182 valence electrons. The first-order valence-electron chi connectivity index (χ1n) is 11.9. The van der Waals surface area contributed by atoms with E-state index in [-0.39, 0.29) is 31.3 Å². The molecule has 0 bridgehead atoms. The Morgan fingerprint density at radius 3 is 2.27 bits per heavy atom. The molecular formula is C24H34F2N4O3. The Kier molecular flexibility index (Phi) is 6.91. The molecule has 0 atom stereocenters. The number of nitrogens with one attached hydrogen (secondary N) is 1. The quantitative estimate of drug-likeness (QED) is 0.689. The Bertz CT molecular complexity index is 1060. The molecule has 1 aliphatic heterocycles. The highest BCUT2D eigenvalue weighted by Crippen LogP contribution is 2.38. The fraction of sp³-hybridized carbons (Fsp3) is 0.667. The van der Waals surface area contributed by atoms with Crippen molar-refractivity contribution < 1.29 is 18.7 Å². The van der Waals surface area contributed by atoms with Gasteiger partial charge in [-0.25, -0.2) is 13.6 Å². The van der Waals surface area contributed by atoms with E-state index in [1.807, 2.05) is 0 Å². The molecule has 1 saturated heterocycles. The Morgan fingerprint density at radius 1 is 1.06 bits per heavy atom. The molecule has 1 amide bonds. The highest BCUT2D eigenvalue weighted by molar-refractivity contribution is 5.81. The van der Waals surface area contributed by atoms with Gasteiger partial charge in [-0.05, 0) is 43.9 Å². The van der Waals surface area contributed by atoms with Crippen molar-refractivity contribution in [3.63, 3.8) is 0 Å². The first-order chi connectivity index (χ1) is 15.7. The fourth-order valence-corrected chi connectivity index (χ4v) is 5.43. The number of imidazole rings is 1. The Morgan fingerprint density at radius 2 is 1.67 bits per heavy atom. The van der Waals surface area contributed by atoms with Crippen LogP contribution in [0.3, 0.4) is 0 Å². The predicted molar refractivity (Wildman–Crippen MR) is 122 cm³/mol. The van der Waals surface area contributed by atoms with E-state index in [0.717, 1.165) is 38.1 Å². The van der Waals surface area contributed by atoms with E-state index in [9.17, 15) is 18.4 Å². The molecule has 4 rings (SSSR count). The smallest absolute Gasteiger partial charge is 0.329 e. The number of aliphatic hydroxyl groups excluding tert-OH is 1. The summed E-state index contributed by atoms with van der Waals surface area (Å²) in [6, 6.07) is 2.48. The molecule has 2 aromatic rings. The van der Waals surface area contributed by atoms with Gasteiger partial charge in [0.1, 0.15) is 6.54 Å². The second-order valence-electron chi connectivity index (χ2n) is 10.2. The summed E-state index contributed by atoms with van der Waals surface area (Å²) in [5, 5.41) is 11.4. The van der Waals surface area contributed by atoms with Crippen LogP contribution in [0.4, 0.5) is 8.78 Å². The summed E-state index contributed by atoms with van der Waals surface area (Å²) < 4.78 is 30.9. The third kappa shape index (κ3) is 4.99. The fourth-order valence-electron chi connectivity index (χ4n) is 5.43. The van der Waals surface area contributed by atoms with Crippen molar-refractivity contribution in [1.82, 2.24) is 19.4 Å². The largest absolute Gasteiger partial charge is 0.395 e. The molecule has 33 heavy (non-hydrogen) atoms. The number of nitrogens with zero attached hydrogens (tertiary/aromatic N) is 3. The number of carbonyl (C=O) groups excluding carboxylic acids is 1. The maximum atomic E-state index is 14.1. The van der Waals surface area contributed by atoms with Crippen LogP contribution in [-0.2, 0) is 11.3 Å². The number of hydrogen-bond acceptors (Lipinski definition) is 4. The zero-order valence-corrected chi connectivity index (χ0v) is 19.4. The average Bonchev–Trinajstić information content (AvgIpc) is 3.03. The van der Waals surface area contributed by atoms with Crippen molar-refractivity contribution >= 4 is 16.9 Å². The maximum absolute atomic E-state index is 14.1. The monoisotopic (exact) mass is 464 g/mol. The topological polar surface area (TPSA) is 79.5 Å². The van der Waals surface area contributed by atoms with E-state index < -0.39 is 23.2 Å². The van der Waals surface area contributed by atoms with E-state index in [2.05, 4.69) is 24.1 Å². The van der Waals surface area contributed by atoms with E-state index in [1.165, 1.54) is 30.3 Å². The first-order valence-corrected chi connectivity index (χ1v) is 11.9. The third-order valence-corrected chi connectivity index (χ3v) is 7.43. The SMILES string of the molecule is CC1(C)CCC(N2CCC(n3c(=O)n(CC(=O)NCCO)c4cc(F)c(F)cc43)CC2)CC1. The second kappa shape index (κ2) is 9.54. The van der Waals surface area contributed by atoms with Gasteiger partial charge in [-0.3, -0.25) is 13.9 Å². The highest BCUT2D eigenvalue weighted by Gasteiger charge is 2.33. The summed E-state index contributed by atoms with van der Waals surface area (Å²) in [6.07, 6.45) is 6.29. The summed E-state index contributed by atoms with van der Waals surface area (Å²) in [7, 11) is 0. The molecular weight excluding hydrogens is 430 g/mol. The lowest BCUT2D eigenvalue weighted by Gasteiger charge is -2.43. The number of halogens is 2. The zero-order valence-electron chi connectivity index (χ0n) is 19.4.